The van der Waals surface area contributed by atoms with Crippen LogP contribution in [0.1, 0.15) is 49.1 Å². The third-order valence-corrected chi connectivity index (χ3v) is 4.63. The highest BCUT2D eigenvalue weighted by molar-refractivity contribution is 6.30. The lowest BCUT2D eigenvalue weighted by Crippen LogP contribution is -2.24. The minimum absolute atomic E-state index is 0.216. The van der Waals surface area contributed by atoms with E-state index < -0.39 is 5.91 Å². The van der Waals surface area contributed by atoms with Crippen molar-refractivity contribution in [3.8, 4) is 5.75 Å². The summed E-state index contributed by atoms with van der Waals surface area (Å²) in [5, 5.41) is 2.77. The SMILES string of the molecule is CCOc1ccccc1C(=O)Nc1cccc2c1C(=O)c1ccccc1C2=O. The van der Waals surface area contributed by atoms with Crippen LogP contribution < -0.4 is 10.1 Å². The number of nitrogens with one attached hydrogen (secondary N) is 1. The van der Waals surface area contributed by atoms with Gasteiger partial charge in [0.1, 0.15) is 5.75 Å². The molecule has 0 heterocycles. The summed E-state index contributed by atoms with van der Waals surface area (Å²) >= 11 is 0. The Kier molecular flexibility index (Phi) is 4.49. The number of benzene rings is 3. The van der Waals surface area contributed by atoms with Gasteiger partial charge in [0.15, 0.2) is 11.6 Å². The molecule has 0 aromatic heterocycles. The van der Waals surface area contributed by atoms with Gasteiger partial charge in [-0.15, -0.1) is 0 Å². The largest absolute Gasteiger partial charge is 0.493 e. The van der Waals surface area contributed by atoms with E-state index in [0.29, 0.717) is 40.3 Å². The lowest BCUT2D eigenvalue weighted by molar-refractivity contribution is 0.0978. The molecule has 0 aliphatic heterocycles. The summed E-state index contributed by atoms with van der Waals surface area (Å²) < 4.78 is 5.51. The molecule has 0 spiro atoms. The first-order valence-corrected chi connectivity index (χ1v) is 8.96. The van der Waals surface area contributed by atoms with E-state index in [0.717, 1.165) is 0 Å². The zero-order valence-electron chi connectivity index (χ0n) is 15.2. The topological polar surface area (TPSA) is 72.5 Å². The summed E-state index contributed by atoms with van der Waals surface area (Å²) in [7, 11) is 0. The Morgan fingerprint density at radius 2 is 1.46 bits per heavy atom. The lowest BCUT2D eigenvalue weighted by atomic mass is 9.83. The predicted molar refractivity (Wildman–Crippen MR) is 105 cm³/mol. The van der Waals surface area contributed by atoms with Gasteiger partial charge in [-0.05, 0) is 25.1 Å². The number of carbonyl (C=O) groups excluding carboxylic acids is 3. The first-order chi connectivity index (χ1) is 13.6. The minimum Gasteiger partial charge on any atom is -0.493 e. The number of rotatable bonds is 4. The van der Waals surface area contributed by atoms with Crippen molar-refractivity contribution in [3.05, 3.63) is 94.5 Å². The Labute approximate surface area is 162 Å². The lowest BCUT2D eigenvalue weighted by Gasteiger charge is -2.20. The number of para-hydroxylation sites is 1. The van der Waals surface area contributed by atoms with Crippen molar-refractivity contribution in [3.63, 3.8) is 0 Å². The first kappa shape index (κ1) is 17.7. The summed E-state index contributed by atoms with van der Waals surface area (Å²) in [6.45, 7) is 2.26. The Morgan fingerprint density at radius 3 is 2.21 bits per heavy atom. The number of ketones is 2. The molecule has 3 aromatic carbocycles. The highest BCUT2D eigenvalue weighted by Crippen LogP contribution is 2.32. The maximum atomic E-state index is 13.0. The van der Waals surface area contributed by atoms with Gasteiger partial charge >= 0.3 is 0 Å². The van der Waals surface area contributed by atoms with Gasteiger partial charge in [0, 0.05) is 16.7 Å². The highest BCUT2D eigenvalue weighted by Gasteiger charge is 2.31. The van der Waals surface area contributed by atoms with E-state index in [2.05, 4.69) is 5.32 Å². The number of carbonyl (C=O) groups is 3. The predicted octanol–water partition coefficient (Wildman–Crippen LogP) is 4.11. The third kappa shape index (κ3) is 2.87. The fourth-order valence-corrected chi connectivity index (χ4v) is 3.37. The molecule has 0 radical (unpaired) electrons. The second-order valence-electron chi connectivity index (χ2n) is 6.32. The monoisotopic (exact) mass is 371 g/mol. The maximum Gasteiger partial charge on any atom is 0.259 e. The molecule has 1 amide bonds. The fraction of sp³-hybridized carbons (Fsp3) is 0.0870. The van der Waals surface area contributed by atoms with Gasteiger partial charge in [-0.3, -0.25) is 14.4 Å². The summed E-state index contributed by atoms with van der Waals surface area (Å²) in [5.41, 5.74) is 1.90. The van der Waals surface area contributed by atoms with Crippen molar-refractivity contribution >= 4 is 23.2 Å². The van der Waals surface area contributed by atoms with Gasteiger partial charge in [-0.1, -0.05) is 48.5 Å². The molecule has 5 nitrogen and oxygen atoms in total. The second-order valence-corrected chi connectivity index (χ2v) is 6.32. The van der Waals surface area contributed by atoms with Crippen molar-refractivity contribution in [2.24, 2.45) is 0 Å². The number of hydrogen-bond donors (Lipinski definition) is 1. The number of amides is 1. The Morgan fingerprint density at radius 1 is 0.821 bits per heavy atom. The smallest absolute Gasteiger partial charge is 0.259 e. The molecule has 0 atom stereocenters. The Hall–Kier alpha value is -3.73. The maximum absolute atomic E-state index is 13.0. The summed E-state index contributed by atoms with van der Waals surface area (Å²) in [4.78, 5) is 38.7. The van der Waals surface area contributed by atoms with Crippen molar-refractivity contribution in [1.82, 2.24) is 0 Å². The molecule has 3 aromatic rings. The molecule has 28 heavy (non-hydrogen) atoms. The molecule has 0 unspecified atom stereocenters. The van der Waals surface area contributed by atoms with Crippen LogP contribution in [0.4, 0.5) is 5.69 Å². The van der Waals surface area contributed by atoms with Crippen LogP contribution >= 0.6 is 0 Å². The van der Waals surface area contributed by atoms with Crippen LogP contribution in [-0.4, -0.2) is 24.1 Å². The zero-order valence-corrected chi connectivity index (χ0v) is 15.2. The van der Waals surface area contributed by atoms with Crippen LogP contribution in [0.3, 0.4) is 0 Å². The molecule has 0 fully saturated rings. The van der Waals surface area contributed by atoms with Crippen molar-refractivity contribution in [1.29, 1.82) is 0 Å². The number of ether oxygens (including phenoxy) is 1. The molecule has 4 rings (SSSR count). The minimum atomic E-state index is -0.406. The van der Waals surface area contributed by atoms with Gasteiger partial charge < -0.3 is 10.1 Å². The summed E-state index contributed by atoms with van der Waals surface area (Å²) in [6, 6.07) is 18.5. The standard InChI is InChI=1S/C23H17NO4/c1-2-28-19-13-6-5-10-16(19)23(27)24-18-12-7-11-17-20(18)22(26)15-9-4-3-8-14(15)21(17)25/h3-13H,2H2,1H3,(H,24,27). The molecular weight excluding hydrogens is 354 g/mol. The van der Waals surface area contributed by atoms with Gasteiger partial charge in [0.05, 0.1) is 23.4 Å². The molecular formula is C23H17NO4. The molecule has 0 bridgehead atoms. The summed E-state index contributed by atoms with van der Waals surface area (Å²) in [5.74, 6) is -0.452. The second kappa shape index (κ2) is 7.12. The van der Waals surface area contributed by atoms with Gasteiger partial charge in [-0.2, -0.15) is 0 Å². The van der Waals surface area contributed by atoms with E-state index >= 15 is 0 Å². The number of anilines is 1. The van der Waals surface area contributed by atoms with Crippen LogP contribution in [0.15, 0.2) is 66.7 Å². The first-order valence-electron chi connectivity index (χ1n) is 8.96. The molecule has 1 aliphatic rings. The fourth-order valence-electron chi connectivity index (χ4n) is 3.37. The van der Waals surface area contributed by atoms with E-state index in [1.807, 2.05) is 6.92 Å². The average molecular weight is 371 g/mol. The van der Waals surface area contributed by atoms with Gasteiger partial charge in [0.25, 0.3) is 5.91 Å². The van der Waals surface area contributed by atoms with E-state index in [-0.39, 0.29) is 17.1 Å². The van der Waals surface area contributed by atoms with E-state index in [1.54, 1.807) is 66.7 Å². The van der Waals surface area contributed by atoms with Crippen molar-refractivity contribution < 1.29 is 19.1 Å². The molecule has 0 saturated carbocycles. The Bertz CT molecular complexity index is 1120. The molecule has 0 saturated heterocycles. The molecule has 1 N–H and O–H groups in total. The quantitative estimate of drug-likeness (QED) is 0.586. The van der Waals surface area contributed by atoms with Crippen LogP contribution in [0.5, 0.6) is 5.75 Å². The van der Waals surface area contributed by atoms with Gasteiger partial charge in [-0.25, -0.2) is 0 Å². The van der Waals surface area contributed by atoms with Gasteiger partial charge in [0.2, 0.25) is 0 Å². The van der Waals surface area contributed by atoms with E-state index in [4.69, 9.17) is 4.74 Å². The zero-order chi connectivity index (χ0) is 19.7. The molecule has 5 heteroatoms. The summed E-state index contributed by atoms with van der Waals surface area (Å²) in [6.07, 6.45) is 0. The van der Waals surface area contributed by atoms with Crippen LogP contribution in [0, 0.1) is 0 Å². The average Bonchev–Trinajstić information content (AvgIpc) is 2.72. The van der Waals surface area contributed by atoms with Crippen LogP contribution in [0.2, 0.25) is 0 Å². The van der Waals surface area contributed by atoms with E-state index in [1.165, 1.54) is 0 Å². The highest BCUT2D eigenvalue weighted by atomic mass is 16.5. The van der Waals surface area contributed by atoms with Crippen molar-refractivity contribution in [2.45, 2.75) is 6.92 Å². The van der Waals surface area contributed by atoms with Crippen LogP contribution in [0.25, 0.3) is 0 Å². The molecule has 1 aliphatic carbocycles. The van der Waals surface area contributed by atoms with Crippen LogP contribution in [-0.2, 0) is 0 Å². The Balaban J connectivity index is 1.75. The number of fused-ring (bicyclic) bond motifs is 2. The third-order valence-electron chi connectivity index (χ3n) is 4.63. The normalized spacial score (nSPS) is 12.2. The van der Waals surface area contributed by atoms with E-state index in [9.17, 15) is 14.4 Å². The van der Waals surface area contributed by atoms with Crippen molar-refractivity contribution in [2.75, 3.05) is 11.9 Å². The number of hydrogen-bond acceptors (Lipinski definition) is 4. The molecule has 138 valence electrons.